The van der Waals surface area contributed by atoms with Crippen LogP contribution in [0.15, 0.2) is 18.3 Å². The number of halogens is 3. The minimum Gasteiger partial charge on any atom is -0.297 e. The van der Waals surface area contributed by atoms with Gasteiger partial charge >= 0.3 is 6.18 Å². The highest BCUT2D eigenvalue weighted by molar-refractivity contribution is 5.89. The zero-order chi connectivity index (χ0) is 15.7. The largest absolute Gasteiger partial charge is 0.417 e. The molecule has 6 heteroatoms. The molecule has 0 unspecified atom stereocenters. The number of Topliss-reactive ketones (excluding diaryl/α,β-unsaturated/α-hetero) is 1. The maximum atomic E-state index is 12.5. The molecule has 0 aliphatic carbocycles. The molecule has 1 aliphatic heterocycles. The smallest absolute Gasteiger partial charge is 0.297 e. The fraction of sp³-hybridized carbons (Fsp3) is 0.600. The van der Waals surface area contributed by atoms with Gasteiger partial charge in [-0.1, -0.05) is 0 Å². The minimum absolute atomic E-state index is 0.0170. The van der Waals surface area contributed by atoms with Crippen LogP contribution in [0.1, 0.15) is 37.9 Å². The lowest BCUT2D eigenvalue weighted by atomic mass is 9.93. The predicted octanol–water partition coefficient (Wildman–Crippen LogP) is 3.09. The zero-order valence-electron chi connectivity index (χ0n) is 12.2. The van der Waals surface area contributed by atoms with E-state index in [0.29, 0.717) is 5.69 Å². The van der Waals surface area contributed by atoms with E-state index in [1.807, 2.05) is 13.8 Å². The number of rotatable bonds is 4. The monoisotopic (exact) mass is 300 g/mol. The number of nitrogens with zero attached hydrogens (tertiary/aromatic N) is 2. The predicted molar refractivity (Wildman–Crippen MR) is 72.8 cm³/mol. The summed E-state index contributed by atoms with van der Waals surface area (Å²) < 4.78 is 37.4. The molecule has 0 radical (unpaired) electrons. The second kappa shape index (κ2) is 5.75. The van der Waals surface area contributed by atoms with Gasteiger partial charge in [-0.25, -0.2) is 0 Å². The van der Waals surface area contributed by atoms with Crippen molar-refractivity contribution in [2.24, 2.45) is 0 Å². The summed E-state index contributed by atoms with van der Waals surface area (Å²) in [6.45, 7) is 5.51. The van der Waals surface area contributed by atoms with E-state index in [-0.39, 0.29) is 12.2 Å². The SMILES string of the molecule is CC(C)(C(=O)Cc1ccc(C(F)(F)F)cn1)N1CCCC1. The van der Waals surface area contributed by atoms with Crippen molar-refractivity contribution in [3.8, 4) is 0 Å². The number of pyridine rings is 1. The van der Waals surface area contributed by atoms with Gasteiger partial charge in [0.2, 0.25) is 0 Å². The van der Waals surface area contributed by atoms with Gasteiger partial charge in [-0.3, -0.25) is 14.7 Å². The fourth-order valence-corrected chi connectivity index (χ4v) is 2.53. The third kappa shape index (κ3) is 3.61. The van der Waals surface area contributed by atoms with Crippen LogP contribution in [0.4, 0.5) is 13.2 Å². The number of hydrogen-bond donors (Lipinski definition) is 0. The average Bonchev–Trinajstić information content (AvgIpc) is 2.92. The molecule has 0 bridgehead atoms. The number of ketones is 1. The number of hydrogen-bond acceptors (Lipinski definition) is 3. The summed E-state index contributed by atoms with van der Waals surface area (Å²) in [6, 6.07) is 2.25. The topological polar surface area (TPSA) is 33.2 Å². The molecule has 0 N–H and O–H groups in total. The maximum Gasteiger partial charge on any atom is 0.417 e. The van der Waals surface area contributed by atoms with Crippen LogP contribution in [0.3, 0.4) is 0 Å². The van der Waals surface area contributed by atoms with Gasteiger partial charge in [0, 0.05) is 11.9 Å². The van der Waals surface area contributed by atoms with Gasteiger partial charge in [0.1, 0.15) is 0 Å². The first kappa shape index (κ1) is 15.9. The molecular weight excluding hydrogens is 281 g/mol. The van der Waals surface area contributed by atoms with Gasteiger partial charge in [-0.2, -0.15) is 13.2 Å². The van der Waals surface area contributed by atoms with Gasteiger partial charge in [0.25, 0.3) is 0 Å². The molecule has 0 saturated carbocycles. The highest BCUT2D eigenvalue weighted by atomic mass is 19.4. The Morgan fingerprint density at radius 1 is 1.24 bits per heavy atom. The van der Waals surface area contributed by atoms with E-state index in [9.17, 15) is 18.0 Å². The summed E-state index contributed by atoms with van der Waals surface area (Å²) in [5.41, 5.74) is -1.02. The van der Waals surface area contributed by atoms with E-state index < -0.39 is 17.3 Å². The number of carbonyl (C=O) groups excluding carboxylic acids is 1. The lowest BCUT2D eigenvalue weighted by molar-refractivity contribution is -0.137. The van der Waals surface area contributed by atoms with Crippen LogP contribution in [0, 0.1) is 0 Å². The molecule has 1 saturated heterocycles. The molecule has 2 rings (SSSR count). The molecule has 1 aliphatic rings. The highest BCUT2D eigenvalue weighted by Gasteiger charge is 2.36. The Kier molecular flexibility index (Phi) is 4.37. The van der Waals surface area contributed by atoms with Crippen molar-refractivity contribution in [2.45, 2.75) is 44.8 Å². The van der Waals surface area contributed by atoms with Crippen molar-refractivity contribution < 1.29 is 18.0 Å². The lowest BCUT2D eigenvalue weighted by Gasteiger charge is -2.33. The van der Waals surface area contributed by atoms with Gasteiger partial charge in [0.15, 0.2) is 5.78 Å². The van der Waals surface area contributed by atoms with Crippen LogP contribution in [-0.4, -0.2) is 34.3 Å². The summed E-state index contributed by atoms with van der Waals surface area (Å²) >= 11 is 0. The summed E-state index contributed by atoms with van der Waals surface area (Å²) in [5.74, 6) is -0.0170. The Morgan fingerprint density at radius 3 is 2.33 bits per heavy atom. The first-order valence-corrected chi connectivity index (χ1v) is 7.02. The Balaban J connectivity index is 2.05. The molecule has 21 heavy (non-hydrogen) atoms. The molecule has 0 atom stereocenters. The third-order valence-corrected chi connectivity index (χ3v) is 4.07. The van der Waals surface area contributed by atoms with E-state index in [4.69, 9.17) is 0 Å². The van der Waals surface area contributed by atoms with Gasteiger partial charge in [0.05, 0.1) is 17.5 Å². The fourth-order valence-electron chi connectivity index (χ4n) is 2.53. The van der Waals surface area contributed by atoms with E-state index in [0.717, 1.165) is 38.2 Å². The molecular formula is C15H19F3N2O. The Morgan fingerprint density at radius 2 is 1.86 bits per heavy atom. The minimum atomic E-state index is -4.40. The lowest BCUT2D eigenvalue weighted by Crippen LogP contribution is -2.49. The summed E-state index contributed by atoms with van der Waals surface area (Å²) in [6.07, 6.45) is -1.40. The molecule has 2 heterocycles. The van der Waals surface area contributed by atoms with Crippen LogP contribution in [0.2, 0.25) is 0 Å². The van der Waals surface area contributed by atoms with Crippen molar-refractivity contribution in [1.29, 1.82) is 0 Å². The molecule has 0 spiro atoms. The van der Waals surface area contributed by atoms with E-state index >= 15 is 0 Å². The number of aromatic nitrogens is 1. The van der Waals surface area contributed by atoms with E-state index in [2.05, 4.69) is 9.88 Å². The summed E-state index contributed by atoms with van der Waals surface area (Å²) in [4.78, 5) is 18.3. The van der Waals surface area contributed by atoms with Crippen LogP contribution in [0.5, 0.6) is 0 Å². The zero-order valence-corrected chi connectivity index (χ0v) is 12.2. The van der Waals surface area contributed by atoms with Crippen molar-refractivity contribution in [3.63, 3.8) is 0 Å². The van der Waals surface area contributed by atoms with Crippen molar-refractivity contribution in [2.75, 3.05) is 13.1 Å². The highest BCUT2D eigenvalue weighted by Crippen LogP contribution is 2.29. The van der Waals surface area contributed by atoms with Gasteiger partial charge in [-0.05, 0) is 51.9 Å². The Bertz CT molecular complexity index is 503. The van der Waals surface area contributed by atoms with Crippen molar-refractivity contribution in [3.05, 3.63) is 29.6 Å². The second-order valence-electron chi connectivity index (χ2n) is 5.89. The summed E-state index contributed by atoms with van der Waals surface area (Å²) in [7, 11) is 0. The molecule has 3 nitrogen and oxygen atoms in total. The standard InChI is InChI=1S/C15H19F3N2O/c1-14(2,20-7-3-4-8-20)13(21)9-12-6-5-11(10-19-12)15(16,17)18/h5-6,10H,3-4,7-9H2,1-2H3. The maximum absolute atomic E-state index is 12.5. The normalized spacial score (nSPS) is 17.2. The Labute approximate surface area is 122 Å². The molecule has 1 aromatic heterocycles. The van der Waals surface area contributed by atoms with Crippen LogP contribution in [0.25, 0.3) is 0 Å². The molecule has 116 valence electrons. The summed E-state index contributed by atoms with van der Waals surface area (Å²) in [5, 5.41) is 0. The van der Waals surface area contributed by atoms with Gasteiger partial charge < -0.3 is 0 Å². The van der Waals surface area contributed by atoms with Crippen molar-refractivity contribution in [1.82, 2.24) is 9.88 Å². The number of alkyl halides is 3. The molecule has 1 fully saturated rings. The first-order valence-electron chi connectivity index (χ1n) is 7.02. The van der Waals surface area contributed by atoms with Crippen LogP contribution in [-0.2, 0) is 17.4 Å². The van der Waals surface area contributed by atoms with Crippen LogP contribution >= 0.6 is 0 Å². The number of carbonyl (C=O) groups is 1. The number of likely N-dealkylation sites (tertiary alicyclic amines) is 1. The molecule has 1 aromatic rings. The second-order valence-corrected chi connectivity index (χ2v) is 5.89. The first-order chi connectivity index (χ1) is 9.71. The van der Waals surface area contributed by atoms with E-state index in [1.165, 1.54) is 6.07 Å². The Hall–Kier alpha value is -1.43. The van der Waals surface area contributed by atoms with E-state index in [1.54, 1.807) is 0 Å². The quantitative estimate of drug-likeness (QED) is 0.856. The molecule has 0 aromatic carbocycles. The average molecular weight is 300 g/mol. The van der Waals surface area contributed by atoms with Gasteiger partial charge in [-0.15, -0.1) is 0 Å². The molecule has 0 amide bonds. The van der Waals surface area contributed by atoms with Crippen molar-refractivity contribution >= 4 is 5.78 Å². The van der Waals surface area contributed by atoms with Crippen LogP contribution < -0.4 is 0 Å². The third-order valence-electron chi connectivity index (χ3n) is 4.07.